The molecule has 0 radical (unpaired) electrons. The highest BCUT2D eigenvalue weighted by molar-refractivity contribution is 7.89. The monoisotopic (exact) mass is 303 g/mol. The molecule has 0 aromatic carbocycles. The lowest BCUT2D eigenvalue weighted by Crippen LogP contribution is -2.44. The Hall–Kier alpha value is -0.130. The van der Waals surface area contributed by atoms with Crippen LogP contribution in [0, 0.1) is 5.92 Å². The third-order valence-electron chi connectivity index (χ3n) is 4.84. The molecule has 0 amide bonds. The molecule has 2 N–H and O–H groups in total. The third kappa shape index (κ3) is 5.34. The van der Waals surface area contributed by atoms with E-state index in [-0.39, 0.29) is 12.3 Å². The van der Waals surface area contributed by atoms with Crippen molar-refractivity contribution in [3.8, 4) is 0 Å². The van der Waals surface area contributed by atoms with Crippen molar-refractivity contribution < 1.29 is 13.5 Å². The zero-order valence-electron chi connectivity index (χ0n) is 12.4. The molecule has 4 nitrogen and oxygen atoms in total. The molecule has 2 fully saturated rings. The van der Waals surface area contributed by atoms with Crippen molar-refractivity contribution >= 4 is 10.0 Å². The van der Waals surface area contributed by atoms with Crippen molar-refractivity contribution in [1.29, 1.82) is 0 Å². The van der Waals surface area contributed by atoms with Crippen molar-refractivity contribution in [2.75, 3.05) is 12.3 Å². The van der Waals surface area contributed by atoms with Crippen LogP contribution in [0.3, 0.4) is 0 Å². The summed E-state index contributed by atoms with van der Waals surface area (Å²) in [4.78, 5) is 0. The van der Waals surface area contributed by atoms with Gasteiger partial charge in [0.15, 0.2) is 0 Å². The summed E-state index contributed by atoms with van der Waals surface area (Å²) in [6.07, 6.45) is 11.4. The van der Waals surface area contributed by atoms with E-state index in [1.807, 2.05) is 0 Å². The predicted molar refractivity (Wildman–Crippen MR) is 81.0 cm³/mol. The number of hydrogen-bond donors (Lipinski definition) is 2. The Morgan fingerprint density at radius 2 is 1.50 bits per heavy atom. The first-order valence-electron chi connectivity index (χ1n) is 8.19. The van der Waals surface area contributed by atoms with E-state index in [2.05, 4.69) is 4.72 Å². The maximum absolute atomic E-state index is 12.1. The minimum absolute atomic E-state index is 0.196. The SMILES string of the molecule is O=S(=O)(CC1CCCCC1)NCC1(O)CCCCCC1. The summed E-state index contributed by atoms with van der Waals surface area (Å²) in [5.74, 6) is 0.549. The van der Waals surface area contributed by atoms with Crippen LogP contribution in [0.1, 0.15) is 70.6 Å². The maximum atomic E-state index is 12.1. The molecule has 2 rings (SSSR count). The summed E-state index contributed by atoms with van der Waals surface area (Å²) in [7, 11) is -3.24. The number of rotatable bonds is 5. The van der Waals surface area contributed by atoms with Gasteiger partial charge in [0.2, 0.25) is 10.0 Å². The summed E-state index contributed by atoms with van der Waals surface area (Å²) >= 11 is 0. The van der Waals surface area contributed by atoms with E-state index in [1.54, 1.807) is 0 Å². The Morgan fingerprint density at radius 1 is 0.950 bits per heavy atom. The molecule has 2 aliphatic rings. The average Bonchev–Trinajstić information content (AvgIpc) is 2.63. The molecule has 0 aromatic heterocycles. The van der Waals surface area contributed by atoms with Gasteiger partial charge < -0.3 is 5.11 Å². The second-order valence-corrected chi connectivity index (χ2v) is 8.60. The van der Waals surface area contributed by atoms with Gasteiger partial charge in [-0.15, -0.1) is 0 Å². The highest BCUT2D eigenvalue weighted by Crippen LogP contribution is 2.27. The van der Waals surface area contributed by atoms with Crippen molar-refractivity contribution in [3.05, 3.63) is 0 Å². The lowest BCUT2D eigenvalue weighted by molar-refractivity contribution is 0.0303. The molecule has 20 heavy (non-hydrogen) atoms. The fourth-order valence-electron chi connectivity index (χ4n) is 3.53. The number of nitrogens with one attached hydrogen (secondary N) is 1. The van der Waals surface area contributed by atoms with Crippen molar-refractivity contribution in [2.45, 2.75) is 76.2 Å². The summed E-state index contributed by atoms with van der Waals surface area (Å²) in [6.45, 7) is 0.196. The van der Waals surface area contributed by atoms with Crippen molar-refractivity contribution in [2.24, 2.45) is 5.92 Å². The van der Waals surface area contributed by atoms with Crippen LogP contribution in [-0.4, -0.2) is 31.4 Å². The van der Waals surface area contributed by atoms with E-state index in [0.717, 1.165) is 64.2 Å². The van der Waals surface area contributed by atoms with Crippen LogP contribution >= 0.6 is 0 Å². The molecule has 0 heterocycles. The van der Waals surface area contributed by atoms with Gasteiger partial charge in [-0.3, -0.25) is 0 Å². The summed E-state index contributed by atoms with van der Waals surface area (Å²) in [6, 6.07) is 0. The van der Waals surface area contributed by atoms with Crippen molar-refractivity contribution in [1.82, 2.24) is 4.72 Å². The van der Waals surface area contributed by atoms with E-state index < -0.39 is 15.6 Å². The van der Waals surface area contributed by atoms with Gasteiger partial charge in [-0.1, -0.05) is 44.9 Å². The standard InChI is InChI=1S/C15H29NO3S/c17-15(10-6-1-2-7-11-15)13-16-20(18,19)12-14-8-4-3-5-9-14/h14,16-17H,1-13H2. The topological polar surface area (TPSA) is 66.4 Å². The quantitative estimate of drug-likeness (QED) is 0.767. The Bertz CT molecular complexity index is 380. The minimum Gasteiger partial charge on any atom is -0.389 e. The first-order chi connectivity index (χ1) is 9.49. The van der Waals surface area contributed by atoms with E-state index in [1.165, 1.54) is 6.42 Å². The lowest BCUT2D eigenvalue weighted by Gasteiger charge is -2.27. The fourth-order valence-corrected chi connectivity index (χ4v) is 5.09. The molecule has 118 valence electrons. The molecule has 0 spiro atoms. The van der Waals surface area contributed by atoms with Crippen LogP contribution in [-0.2, 0) is 10.0 Å². The van der Waals surface area contributed by atoms with Crippen LogP contribution in [0.5, 0.6) is 0 Å². The Kier molecular flexibility index (Phi) is 5.87. The molecule has 5 heteroatoms. The lowest BCUT2D eigenvalue weighted by atomic mass is 9.91. The smallest absolute Gasteiger partial charge is 0.211 e. The first-order valence-corrected chi connectivity index (χ1v) is 9.84. The molecule has 0 bridgehead atoms. The summed E-state index contributed by atoms with van der Waals surface area (Å²) < 4.78 is 27.0. The number of hydrogen-bond acceptors (Lipinski definition) is 3. The van der Waals surface area contributed by atoms with E-state index in [4.69, 9.17) is 0 Å². The molecule has 2 aliphatic carbocycles. The molecule has 0 unspecified atom stereocenters. The zero-order valence-corrected chi connectivity index (χ0v) is 13.3. The summed E-state index contributed by atoms with van der Waals surface area (Å²) in [5, 5.41) is 10.5. The largest absolute Gasteiger partial charge is 0.389 e. The van der Waals surface area contributed by atoms with E-state index in [0.29, 0.717) is 5.92 Å². The fraction of sp³-hybridized carbons (Fsp3) is 1.00. The highest BCUT2D eigenvalue weighted by atomic mass is 32.2. The minimum atomic E-state index is -3.24. The van der Waals surface area contributed by atoms with Crippen LogP contribution in [0.25, 0.3) is 0 Å². The molecule has 0 atom stereocenters. The van der Waals surface area contributed by atoms with Gasteiger partial charge in [0.1, 0.15) is 0 Å². The third-order valence-corrected chi connectivity index (χ3v) is 6.33. The maximum Gasteiger partial charge on any atom is 0.211 e. The van der Waals surface area contributed by atoms with Gasteiger partial charge in [-0.25, -0.2) is 13.1 Å². The predicted octanol–water partition coefficient (Wildman–Crippen LogP) is 2.57. The second kappa shape index (κ2) is 7.23. The van der Waals surface area contributed by atoms with Gasteiger partial charge in [-0.2, -0.15) is 0 Å². The number of sulfonamides is 1. The van der Waals surface area contributed by atoms with Crippen LogP contribution in [0.15, 0.2) is 0 Å². The molecule has 2 saturated carbocycles. The van der Waals surface area contributed by atoms with Gasteiger partial charge >= 0.3 is 0 Å². The summed E-state index contributed by atoms with van der Waals surface area (Å²) in [5.41, 5.74) is -0.823. The molecule has 0 aromatic rings. The molecular weight excluding hydrogens is 274 g/mol. The van der Waals surface area contributed by atoms with Gasteiger partial charge in [0.05, 0.1) is 11.4 Å². The highest BCUT2D eigenvalue weighted by Gasteiger charge is 2.30. The number of aliphatic hydroxyl groups is 1. The van der Waals surface area contributed by atoms with Gasteiger partial charge in [0, 0.05) is 6.54 Å². The van der Waals surface area contributed by atoms with Gasteiger partial charge in [0.25, 0.3) is 0 Å². The average molecular weight is 303 g/mol. The zero-order chi connectivity index (χ0) is 14.5. The van der Waals surface area contributed by atoms with E-state index in [9.17, 15) is 13.5 Å². The normalized spacial score (nSPS) is 25.2. The molecular formula is C15H29NO3S. The second-order valence-electron chi connectivity index (χ2n) is 6.75. The van der Waals surface area contributed by atoms with Gasteiger partial charge in [-0.05, 0) is 31.6 Å². The van der Waals surface area contributed by atoms with Crippen molar-refractivity contribution in [3.63, 3.8) is 0 Å². The van der Waals surface area contributed by atoms with Crippen LogP contribution in [0.4, 0.5) is 0 Å². The van der Waals surface area contributed by atoms with Crippen LogP contribution in [0.2, 0.25) is 0 Å². The van der Waals surface area contributed by atoms with E-state index >= 15 is 0 Å². The first kappa shape index (κ1) is 16.2. The molecule has 0 saturated heterocycles. The Morgan fingerprint density at radius 3 is 2.10 bits per heavy atom. The van der Waals surface area contributed by atoms with Crippen LogP contribution < -0.4 is 4.72 Å². The Labute approximate surface area is 123 Å². The molecule has 0 aliphatic heterocycles. The Balaban J connectivity index is 1.81.